The van der Waals surface area contributed by atoms with Crippen molar-refractivity contribution in [2.45, 2.75) is 12.3 Å². The lowest BCUT2D eigenvalue weighted by atomic mass is 9.82. The maximum atomic E-state index is 11.8. The van der Waals surface area contributed by atoms with Gasteiger partial charge in [0.1, 0.15) is 5.75 Å². The van der Waals surface area contributed by atoms with E-state index in [1.807, 2.05) is 6.92 Å². The Labute approximate surface area is 99.3 Å². The minimum absolute atomic E-state index is 0.0721. The molecule has 0 aromatic heterocycles. The van der Waals surface area contributed by atoms with E-state index in [2.05, 4.69) is 10.3 Å². The van der Waals surface area contributed by atoms with E-state index in [-0.39, 0.29) is 12.5 Å². The molecule has 1 aliphatic rings. The van der Waals surface area contributed by atoms with Crippen LogP contribution in [-0.4, -0.2) is 31.3 Å². The van der Waals surface area contributed by atoms with Crippen molar-refractivity contribution in [3.8, 4) is 5.75 Å². The summed E-state index contributed by atoms with van der Waals surface area (Å²) in [5, 5.41) is 9.47. The molecule has 0 fully saturated rings. The lowest BCUT2D eigenvalue weighted by Gasteiger charge is -2.21. The fourth-order valence-corrected chi connectivity index (χ4v) is 2.04. The summed E-state index contributed by atoms with van der Waals surface area (Å²) in [6, 6.07) is 5.22. The van der Waals surface area contributed by atoms with Crippen LogP contribution in [-0.2, 0) is 10.3 Å². The fraction of sp³-hybridized carbons (Fsp3) is 0.417. The summed E-state index contributed by atoms with van der Waals surface area (Å²) in [7, 11) is 1.38. The smallest absolute Gasteiger partial charge is 0.275 e. The molecule has 5 nitrogen and oxygen atoms in total. The number of hydrogen-bond acceptors (Lipinski definition) is 4. The molecule has 0 aliphatic carbocycles. The van der Waals surface area contributed by atoms with Crippen molar-refractivity contribution in [1.82, 2.24) is 5.48 Å². The van der Waals surface area contributed by atoms with Crippen molar-refractivity contribution in [2.24, 2.45) is 0 Å². The van der Waals surface area contributed by atoms with E-state index in [1.165, 1.54) is 7.11 Å². The van der Waals surface area contributed by atoms with Gasteiger partial charge in [0.05, 0.1) is 25.7 Å². The van der Waals surface area contributed by atoms with Gasteiger partial charge in [-0.1, -0.05) is 6.07 Å². The van der Waals surface area contributed by atoms with Crippen LogP contribution < -0.4 is 10.2 Å². The summed E-state index contributed by atoms with van der Waals surface area (Å²) in [5.74, 6) is 0.305. The molecule has 0 saturated heterocycles. The Morgan fingerprint density at radius 2 is 2.41 bits per heavy atom. The molecule has 1 aliphatic heterocycles. The number of carbonyl (C=O) groups excluding carboxylic acids is 1. The highest BCUT2D eigenvalue weighted by atomic mass is 16.6. The van der Waals surface area contributed by atoms with Gasteiger partial charge in [-0.25, -0.2) is 5.48 Å². The molecule has 0 spiro atoms. The number of aliphatic hydroxyl groups is 1. The average molecular weight is 237 g/mol. The highest BCUT2D eigenvalue weighted by Crippen LogP contribution is 2.40. The van der Waals surface area contributed by atoms with Crippen molar-refractivity contribution in [3.05, 3.63) is 29.3 Å². The first-order valence-corrected chi connectivity index (χ1v) is 5.33. The summed E-state index contributed by atoms with van der Waals surface area (Å²) in [5.41, 5.74) is 2.94. The van der Waals surface area contributed by atoms with Crippen LogP contribution in [0.1, 0.15) is 22.8 Å². The quantitative estimate of drug-likeness (QED) is 0.756. The second kappa shape index (κ2) is 4.35. The average Bonchev–Trinajstić information content (AvgIpc) is 2.69. The molecular formula is C12H15NO4. The third-order valence-electron chi connectivity index (χ3n) is 2.96. The van der Waals surface area contributed by atoms with Gasteiger partial charge in [0, 0.05) is 11.1 Å². The summed E-state index contributed by atoms with van der Waals surface area (Å²) in [4.78, 5) is 16.5. The molecule has 1 heterocycles. The highest BCUT2D eigenvalue weighted by Gasteiger charge is 2.39. The van der Waals surface area contributed by atoms with E-state index < -0.39 is 5.41 Å². The van der Waals surface area contributed by atoms with Crippen LogP contribution in [0, 0.1) is 0 Å². The van der Waals surface area contributed by atoms with Gasteiger partial charge in [0.2, 0.25) is 0 Å². The lowest BCUT2D eigenvalue weighted by molar-refractivity contribution is 0.0534. The van der Waals surface area contributed by atoms with Gasteiger partial charge in [-0.05, 0) is 19.1 Å². The van der Waals surface area contributed by atoms with Gasteiger partial charge in [-0.2, -0.15) is 0 Å². The SMILES string of the molecule is CONC(=O)c1cccc2c1[C@](C)(CO)CO2. The molecule has 5 heteroatoms. The number of hydrogen-bond donors (Lipinski definition) is 2. The first-order valence-electron chi connectivity index (χ1n) is 5.33. The Balaban J connectivity index is 2.49. The normalized spacial score (nSPS) is 21.8. The van der Waals surface area contributed by atoms with E-state index in [4.69, 9.17) is 4.74 Å². The van der Waals surface area contributed by atoms with E-state index in [0.717, 1.165) is 5.56 Å². The number of benzene rings is 1. The van der Waals surface area contributed by atoms with E-state index in [9.17, 15) is 9.90 Å². The van der Waals surface area contributed by atoms with Crippen LogP contribution in [0.5, 0.6) is 5.75 Å². The molecule has 0 saturated carbocycles. The number of carbonyl (C=O) groups is 1. The number of amides is 1. The van der Waals surface area contributed by atoms with Gasteiger partial charge in [-0.15, -0.1) is 0 Å². The molecule has 1 amide bonds. The minimum Gasteiger partial charge on any atom is -0.492 e. The Hall–Kier alpha value is -1.59. The fourth-order valence-electron chi connectivity index (χ4n) is 2.04. The van der Waals surface area contributed by atoms with Crippen LogP contribution in [0.15, 0.2) is 18.2 Å². The third kappa shape index (κ3) is 1.87. The number of aliphatic hydroxyl groups excluding tert-OH is 1. The Morgan fingerprint density at radius 1 is 1.65 bits per heavy atom. The second-order valence-electron chi connectivity index (χ2n) is 4.32. The number of fused-ring (bicyclic) bond motifs is 1. The number of rotatable bonds is 3. The zero-order valence-corrected chi connectivity index (χ0v) is 9.82. The van der Waals surface area contributed by atoms with Gasteiger partial charge in [0.15, 0.2) is 0 Å². The maximum absolute atomic E-state index is 11.8. The number of nitrogens with one attached hydrogen (secondary N) is 1. The number of ether oxygens (including phenoxy) is 1. The van der Waals surface area contributed by atoms with E-state index in [0.29, 0.717) is 17.9 Å². The van der Waals surface area contributed by atoms with Crippen LogP contribution in [0.3, 0.4) is 0 Å². The Morgan fingerprint density at radius 3 is 3.06 bits per heavy atom. The van der Waals surface area contributed by atoms with Crippen LogP contribution in [0.4, 0.5) is 0 Å². The minimum atomic E-state index is -0.545. The lowest BCUT2D eigenvalue weighted by Crippen LogP contribution is -2.32. The van der Waals surface area contributed by atoms with Gasteiger partial charge >= 0.3 is 0 Å². The van der Waals surface area contributed by atoms with Crippen LogP contribution >= 0.6 is 0 Å². The van der Waals surface area contributed by atoms with E-state index in [1.54, 1.807) is 18.2 Å². The summed E-state index contributed by atoms with van der Waals surface area (Å²) >= 11 is 0. The molecule has 1 atom stereocenters. The van der Waals surface area contributed by atoms with Crippen LogP contribution in [0.25, 0.3) is 0 Å². The highest BCUT2D eigenvalue weighted by molar-refractivity contribution is 5.96. The van der Waals surface area contributed by atoms with Crippen molar-refractivity contribution < 1.29 is 19.5 Å². The standard InChI is InChI=1S/C12H15NO4/c1-12(6-14)7-17-9-5-3-4-8(10(9)12)11(15)13-16-2/h3-5,14H,6-7H2,1-2H3,(H,13,15)/t12-/m1/s1. The zero-order valence-electron chi connectivity index (χ0n) is 9.82. The summed E-state index contributed by atoms with van der Waals surface area (Å²) < 4.78 is 5.49. The summed E-state index contributed by atoms with van der Waals surface area (Å²) in [6.45, 7) is 2.16. The zero-order chi connectivity index (χ0) is 12.5. The van der Waals surface area contributed by atoms with Crippen molar-refractivity contribution in [1.29, 1.82) is 0 Å². The molecule has 0 bridgehead atoms. The van der Waals surface area contributed by atoms with Gasteiger partial charge < -0.3 is 9.84 Å². The third-order valence-corrected chi connectivity index (χ3v) is 2.96. The first kappa shape index (κ1) is 11.9. The largest absolute Gasteiger partial charge is 0.492 e. The number of hydroxylamine groups is 1. The molecule has 17 heavy (non-hydrogen) atoms. The molecule has 0 unspecified atom stereocenters. The Bertz CT molecular complexity index is 446. The predicted molar refractivity (Wildman–Crippen MR) is 60.9 cm³/mol. The molecular weight excluding hydrogens is 222 g/mol. The van der Waals surface area contributed by atoms with Gasteiger partial charge in [0.25, 0.3) is 5.91 Å². The van der Waals surface area contributed by atoms with Gasteiger partial charge in [-0.3, -0.25) is 9.63 Å². The van der Waals surface area contributed by atoms with Crippen LogP contribution in [0.2, 0.25) is 0 Å². The topological polar surface area (TPSA) is 67.8 Å². The molecule has 1 aromatic rings. The summed E-state index contributed by atoms with van der Waals surface area (Å²) in [6.07, 6.45) is 0. The van der Waals surface area contributed by atoms with Crippen molar-refractivity contribution >= 4 is 5.91 Å². The first-order chi connectivity index (χ1) is 8.12. The Kier molecular flexibility index (Phi) is 3.04. The molecule has 2 rings (SSSR count). The maximum Gasteiger partial charge on any atom is 0.275 e. The second-order valence-corrected chi connectivity index (χ2v) is 4.32. The monoisotopic (exact) mass is 237 g/mol. The van der Waals surface area contributed by atoms with Crippen molar-refractivity contribution in [2.75, 3.05) is 20.3 Å². The molecule has 92 valence electrons. The molecule has 1 aromatic carbocycles. The van der Waals surface area contributed by atoms with E-state index >= 15 is 0 Å². The molecule has 0 radical (unpaired) electrons. The predicted octanol–water partition coefficient (Wildman–Crippen LogP) is 0.620. The van der Waals surface area contributed by atoms with Crippen molar-refractivity contribution in [3.63, 3.8) is 0 Å². The molecule has 2 N–H and O–H groups in total.